The van der Waals surface area contributed by atoms with Crippen molar-refractivity contribution >= 4 is 16.2 Å². The van der Waals surface area contributed by atoms with Gasteiger partial charge in [0.25, 0.3) is 10.0 Å². The summed E-state index contributed by atoms with van der Waals surface area (Å²) in [7, 11) is -2.21. The smallest absolute Gasteiger partial charge is 0.276 e. The van der Waals surface area contributed by atoms with Gasteiger partial charge in [-0.1, -0.05) is 13.3 Å². The third-order valence-electron chi connectivity index (χ3n) is 3.77. The van der Waals surface area contributed by atoms with Crippen molar-refractivity contribution in [3.8, 4) is 17.2 Å². The molecule has 0 heterocycles. The number of hydrogen-bond donors (Lipinski definition) is 1. The second kappa shape index (κ2) is 10.6. The molecule has 0 saturated carbocycles. The maximum Gasteiger partial charge on any atom is 0.276 e. The Balaban J connectivity index is 2.04. The molecule has 0 bridgehead atoms. The Kier molecular flexibility index (Phi) is 8.13. The standard InChI is InChI=1S/C20H26N2O5S/c1-4-6-13-27-19-12-7-16(14-20(19)25-3)15-21-22-28(23,24)18-10-8-17(9-11-18)26-5-2/h7-12,14-15,22H,4-6,13H2,1-3H3/b21-15-. The zero-order chi connectivity index (χ0) is 20.4. The highest BCUT2D eigenvalue weighted by Crippen LogP contribution is 2.27. The van der Waals surface area contributed by atoms with Gasteiger partial charge in [0.2, 0.25) is 0 Å². The molecule has 0 unspecified atom stereocenters. The van der Waals surface area contributed by atoms with E-state index < -0.39 is 10.0 Å². The summed E-state index contributed by atoms with van der Waals surface area (Å²) in [6.45, 7) is 5.08. The lowest BCUT2D eigenvalue weighted by atomic mass is 10.2. The van der Waals surface area contributed by atoms with Gasteiger partial charge in [0, 0.05) is 0 Å². The van der Waals surface area contributed by atoms with Crippen LogP contribution in [0.4, 0.5) is 0 Å². The number of rotatable bonds is 11. The summed E-state index contributed by atoms with van der Waals surface area (Å²) in [4.78, 5) is 2.30. The number of nitrogens with zero attached hydrogens (tertiary/aromatic N) is 1. The lowest BCUT2D eigenvalue weighted by molar-refractivity contribution is 0.288. The highest BCUT2D eigenvalue weighted by molar-refractivity contribution is 7.89. The molecule has 2 aromatic rings. The number of hydrogen-bond acceptors (Lipinski definition) is 6. The van der Waals surface area contributed by atoms with E-state index in [2.05, 4.69) is 16.9 Å². The molecule has 0 amide bonds. The quantitative estimate of drug-likeness (QED) is 0.350. The predicted molar refractivity (Wildman–Crippen MR) is 109 cm³/mol. The Morgan fingerprint density at radius 3 is 2.43 bits per heavy atom. The van der Waals surface area contributed by atoms with E-state index >= 15 is 0 Å². The number of methoxy groups -OCH3 is 1. The van der Waals surface area contributed by atoms with E-state index in [4.69, 9.17) is 14.2 Å². The number of ether oxygens (including phenoxy) is 3. The first-order valence-electron chi connectivity index (χ1n) is 9.08. The van der Waals surface area contributed by atoms with E-state index in [1.807, 2.05) is 6.92 Å². The zero-order valence-corrected chi connectivity index (χ0v) is 17.2. The van der Waals surface area contributed by atoms with Crippen molar-refractivity contribution in [1.29, 1.82) is 0 Å². The number of benzene rings is 2. The average Bonchev–Trinajstić information content (AvgIpc) is 2.69. The molecule has 0 aliphatic rings. The normalized spacial score (nSPS) is 11.4. The van der Waals surface area contributed by atoms with Gasteiger partial charge in [0.05, 0.1) is 31.4 Å². The van der Waals surface area contributed by atoms with Gasteiger partial charge in [-0.3, -0.25) is 0 Å². The Morgan fingerprint density at radius 1 is 1.04 bits per heavy atom. The van der Waals surface area contributed by atoms with Crippen LogP contribution < -0.4 is 19.0 Å². The van der Waals surface area contributed by atoms with Crippen LogP contribution in [0.25, 0.3) is 0 Å². The summed E-state index contributed by atoms with van der Waals surface area (Å²) >= 11 is 0. The van der Waals surface area contributed by atoms with Crippen LogP contribution in [0.5, 0.6) is 17.2 Å². The van der Waals surface area contributed by atoms with E-state index in [1.165, 1.54) is 18.3 Å². The van der Waals surface area contributed by atoms with E-state index in [9.17, 15) is 8.42 Å². The maximum absolute atomic E-state index is 12.3. The largest absolute Gasteiger partial charge is 0.494 e. The summed E-state index contributed by atoms with van der Waals surface area (Å²) < 4.78 is 40.9. The van der Waals surface area contributed by atoms with Crippen molar-refractivity contribution in [2.75, 3.05) is 20.3 Å². The minimum Gasteiger partial charge on any atom is -0.494 e. The van der Waals surface area contributed by atoms with Crippen molar-refractivity contribution in [3.05, 3.63) is 48.0 Å². The highest BCUT2D eigenvalue weighted by atomic mass is 32.2. The van der Waals surface area contributed by atoms with E-state index in [0.29, 0.717) is 36.0 Å². The monoisotopic (exact) mass is 406 g/mol. The van der Waals surface area contributed by atoms with Crippen LogP contribution in [-0.4, -0.2) is 35.0 Å². The van der Waals surface area contributed by atoms with E-state index in [-0.39, 0.29) is 4.90 Å². The molecule has 0 radical (unpaired) electrons. The average molecular weight is 407 g/mol. The minimum atomic E-state index is -3.76. The van der Waals surface area contributed by atoms with Crippen LogP contribution in [0, 0.1) is 0 Å². The lowest BCUT2D eigenvalue weighted by Crippen LogP contribution is -2.18. The first-order valence-corrected chi connectivity index (χ1v) is 10.6. The van der Waals surface area contributed by atoms with Crippen molar-refractivity contribution in [2.45, 2.75) is 31.6 Å². The topological polar surface area (TPSA) is 86.2 Å². The molecule has 152 valence electrons. The molecule has 0 fully saturated rings. The molecule has 8 heteroatoms. The molecule has 0 atom stereocenters. The van der Waals surface area contributed by atoms with Crippen LogP contribution in [-0.2, 0) is 10.0 Å². The molecule has 0 aliphatic heterocycles. The summed E-state index contributed by atoms with van der Waals surface area (Å²) in [5.41, 5.74) is 0.675. The summed E-state index contributed by atoms with van der Waals surface area (Å²) in [5.74, 6) is 1.82. The van der Waals surface area contributed by atoms with Gasteiger partial charge in [-0.15, -0.1) is 0 Å². The van der Waals surface area contributed by atoms with Gasteiger partial charge < -0.3 is 14.2 Å². The first-order chi connectivity index (χ1) is 13.5. The number of sulfonamides is 1. The third-order valence-corrected chi connectivity index (χ3v) is 5.01. The fourth-order valence-electron chi connectivity index (χ4n) is 2.31. The summed E-state index contributed by atoms with van der Waals surface area (Å²) in [6, 6.07) is 11.4. The maximum atomic E-state index is 12.3. The van der Waals surface area contributed by atoms with Crippen LogP contribution >= 0.6 is 0 Å². The molecule has 28 heavy (non-hydrogen) atoms. The number of hydrazone groups is 1. The van der Waals surface area contributed by atoms with Crippen LogP contribution in [0.1, 0.15) is 32.3 Å². The van der Waals surface area contributed by atoms with Crippen molar-refractivity contribution in [2.24, 2.45) is 5.10 Å². The summed E-state index contributed by atoms with van der Waals surface area (Å²) in [5, 5.41) is 3.84. The molecule has 2 aromatic carbocycles. The van der Waals surface area contributed by atoms with Gasteiger partial charge >= 0.3 is 0 Å². The Morgan fingerprint density at radius 2 is 1.79 bits per heavy atom. The molecule has 0 saturated heterocycles. The zero-order valence-electron chi connectivity index (χ0n) is 16.3. The van der Waals surface area contributed by atoms with Crippen LogP contribution in [0.3, 0.4) is 0 Å². The van der Waals surface area contributed by atoms with Gasteiger partial charge in [-0.25, -0.2) is 4.83 Å². The fraction of sp³-hybridized carbons (Fsp3) is 0.350. The molecule has 0 spiro atoms. The highest BCUT2D eigenvalue weighted by Gasteiger charge is 2.12. The fourth-order valence-corrected chi connectivity index (χ4v) is 3.11. The molecule has 1 N–H and O–H groups in total. The molecular weight excluding hydrogens is 380 g/mol. The third kappa shape index (κ3) is 6.16. The summed E-state index contributed by atoms with van der Waals surface area (Å²) in [6.07, 6.45) is 3.41. The van der Waals surface area contributed by atoms with Crippen molar-refractivity contribution in [3.63, 3.8) is 0 Å². The van der Waals surface area contributed by atoms with Crippen molar-refractivity contribution < 1.29 is 22.6 Å². The molecular formula is C20H26N2O5S. The Bertz CT molecular complexity index is 880. The SMILES string of the molecule is CCCCOc1ccc(/C=N\NS(=O)(=O)c2ccc(OCC)cc2)cc1OC. The van der Waals surface area contributed by atoms with Gasteiger partial charge in [-0.2, -0.15) is 13.5 Å². The molecule has 7 nitrogen and oxygen atoms in total. The van der Waals surface area contributed by atoms with E-state index in [0.717, 1.165) is 12.8 Å². The Hall–Kier alpha value is -2.74. The second-order valence-corrected chi connectivity index (χ2v) is 7.53. The lowest BCUT2D eigenvalue weighted by Gasteiger charge is -2.10. The van der Waals surface area contributed by atoms with Gasteiger partial charge in [0.15, 0.2) is 11.5 Å². The van der Waals surface area contributed by atoms with E-state index in [1.54, 1.807) is 37.4 Å². The minimum absolute atomic E-state index is 0.102. The molecule has 2 rings (SSSR count). The van der Waals surface area contributed by atoms with Gasteiger partial charge in [-0.05, 0) is 61.4 Å². The molecule has 0 aromatic heterocycles. The van der Waals surface area contributed by atoms with Crippen LogP contribution in [0.15, 0.2) is 52.5 Å². The first kappa shape index (κ1) is 21.6. The number of unbranched alkanes of at least 4 members (excludes halogenated alkanes) is 1. The second-order valence-electron chi connectivity index (χ2n) is 5.87. The predicted octanol–water partition coefficient (Wildman–Crippen LogP) is 3.59. The van der Waals surface area contributed by atoms with Crippen LogP contribution in [0.2, 0.25) is 0 Å². The Labute approximate surface area is 166 Å². The van der Waals surface area contributed by atoms with Crippen molar-refractivity contribution in [1.82, 2.24) is 4.83 Å². The number of nitrogens with one attached hydrogen (secondary N) is 1. The van der Waals surface area contributed by atoms with Gasteiger partial charge in [0.1, 0.15) is 5.75 Å². The molecule has 0 aliphatic carbocycles.